The van der Waals surface area contributed by atoms with Gasteiger partial charge in [0.15, 0.2) is 18.9 Å². The molecule has 4 rings (SSSR count). The summed E-state index contributed by atoms with van der Waals surface area (Å²) in [5, 5.41) is -0.0747. The Morgan fingerprint density at radius 1 is 0.786 bits per heavy atom. The highest BCUT2D eigenvalue weighted by atomic mass is 32.2. The van der Waals surface area contributed by atoms with Gasteiger partial charge in [0.1, 0.15) is 0 Å². The van der Waals surface area contributed by atoms with E-state index in [1.165, 1.54) is 22.7 Å². The maximum Gasteiger partial charge on any atom is 0.196 e. The van der Waals surface area contributed by atoms with Gasteiger partial charge in [0.05, 0.1) is 20.4 Å². The highest BCUT2D eigenvalue weighted by molar-refractivity contribution is 8.15. The maximum atomic E-state index is 12.2. The van der Waals surface area contributed by atoms with Crippen molar-refractivity contribution < 1.29 is 9.59 Å². The fourth-order valence-corrected chi connectivity index (χ4v) is 6.49. The molecule has 0 aliphatic rings. The summed E-state index contributed by atoms with van der Waals surface area (Å²) >= 11 is 5.26. The first-order chi connectivity index (χ1) is 13.5. The third-order valence-corrected chi connectivity index (χ3v) is 8.04. The van der Waals surface area contributed by atoms with Crippen LogP contribution in [0.1, 0.15) is 24.0 Å². The lowest BCUT2D eigenvalue weighted by Crippen LogP contribution is -1.97. The van der Waals surface area contributed by atoms with E-state index in [9.17, 15) is 9.59 Å². The second kappa shape index (κ2) is 8.32. The molecular weight excluding hydrogens is 429 g/mol. The van der Waals surface area contributed by atoms with Gasteiger partial charge < -0.3 is 0 Å². The Hall–Kier alpha value is -1.74. The molecule has 0 saturated heterocycles. The van der Waals surface area contributed by atoms with Gasteiger partial charge in [0, 0.05) is 12.8 Å². The van der Waals surface area contributed by atoms with Gasteiger partial charge in [-0.3, -0.25) is 9.59 Å². The Bertz CT molecular complexity index is 1100. The molecule has 4 nitrogen and oxygen atoms in total. The third-order valence-electron chi connectivity index (χ3n) is 3.98. The number of fused-ring (bicyclic) bond motifs is 2. The lowest BCUT2D eigenvalue weighted by Gasteiger charge is -1.97. The number of hydrogen-bond donors (Lipinski definition) is 0. The molecule has 0 amide bonds. The topological polar surface area (TPSA) is 59.9 Å². The molecule has 2 aromatic carbocycles. The van der Waals surface area contributed by atoms with Gasteiger partial charge in [-0.2, -0.15) is 0 Å². The number of rotatable bonds is 5. The number of carbonyl (C=O) groups excluding carboxylic acids is 2. The van der Waals surface area contributed by atoms with Crippen molar-refractivity contribution >= 4 is 76.9 Å². The van der Waals surface area contributed by atoms with Crippen LogP contribution < -0.4 is 0 Å². The molecule has 4 aromatic rings. The third kappa shape index (κ3) is 4.63. The van der Waals surface area contributed by atoms with Crippen LogP contribution in [-0.2, 0) is 9.59 Å². The van der Waals surface area contributed by atoms with Crippen LogP contribution >= 0.6 is 46.2 Å². The number of aromatic nitrogens is 2. The number of thioether (sulfide) groups is 2. The zero-order valence-corrected chi connectivity index (χ0v) is 18.5. The quantitative estimate of drug-likeness (QED) is 0.340. The molecule has 0 bridgehead atoms. The summed E-state index contributed by atoms with van der Waals surface area (Å²) in [6.45, 7) is 4.04. The summed E-state index contributed by atoms with van der Waals surface area (Å²) in [6.07, 6.45) is 0.408. The Kier molecular flexibility index (Phi) is 5.82. The molecule has 0 aliphatic heterocycles. The zero-order valence-electron chi connectivity index (χ0n) is 15.2. The van der Waals surface area contributed by atoms with Crippen LogP contribution in [0.5, 0.6) is 0 Å². The minimum absolute atomic E-state index is 0.0374. The zero-order chi connectivity index (χ0) is 19.7. The normalized spacial score (nSPS) is 11.4. The van der Waals surface area contributed by atoms with Crippen LogP contribution in [0.2, 0.25) is 0 Å². The molecule has 2 aromatic heterocycles. The van der Waals surface area contributed by atoms with E-state index in [1.54, 1.807) is 0 Å². The van der Waals surface area contributed by atoms with E-state index in [1.807, 2.05) is 50.2 Å². The van der Waals surface area contributed by atoms with E-state index >= 15 is 0 Å². The summed E-state index contributed by atoms with van der Waals surface area (Å²) in [5.41, 5.74) is 4.12. The van der Waals surface area contributed by atoms with Gasteiger partial charge in [0.2, 0.25) is 0 Å². The van der Waals surface area contributed by atoms with E-state index < -0.39 is 0 Å². The summed E-state index contributed by atoms with van der Waals surface area (Å²) in [6, 6.07) is 12.2. The smallest absolute Gasteiger partial charge is 0.196 e. The van der Waals surface area contributed by atoms with Crippen molar-refractivity contribution in [1.82, 2.24) is 9.97 Å². The minimum Gasteiger partial charge on any atom is -0.287 e. The van der Waals surface area contributed by atoms with Gasteiger partial charge in [-0.15, -0.1) is 22.7 Å². The second-order valence-electron chi connectivity index (χ2n) is 6.35. The van der Waals surface area contributed by atoms with Crippen molar-refractivity contribution in [3.8, 4) is 0 Å². The van der Waals surface area contributed by atoms with E-state index in [0.717, 1.165) is 63.8 Å². The van der Waals surface area contributed by atoms with Crippen LogP contribution in [0, 0.1) is 13.8 Å². The molecule has 28 heavy (non-hydrogen) atoms. The Morgan fingerprint density at radius 3 is 1.64 bits per heavy atom. The van der Waals surface area contributed by atoms with E-state index in [0.29, 0.717) is 0 Å². The van der Waals surface area contributed by atoms with Crippen molar-refractivity contribution in [2.24, 2.45) is 0 Å². The highest BCUT2D eigenvalue weighted by Crippen LogP contribution is 2.33. The Balaban J connectivity index is 1.32. The number of hydrogen-bond acceptors (Lipinski definition) is 8. The highest BCUT2D eigenvalue weighted by Gasteiger charge is 2.15. The van der Waals surface area contributed by atoms with Crippen LogP contribution in [0.25, 0.3) is 20.4 Å². The van der Waals surface area contributed by atoms with E-state index in [2.05, 4.69) is 9.97 Å². The van der Waals surface area contributed by atoms with Crippen molar-refractivity contribution in [2.75, 3.05) is 0 Å². The fourth-order valence-electron chi connectivity index (χ4n) is 2.62. The molecule has 0 atom stereocenters. The summed E-state index contributed by atoms with van der Waals surface area (Å²) in [5.74, 6) is 0. The van der Waals surface area contributed by atoms with Crippen LogP contribution in [-0.4, -0.2) is 20.2 Å². The average molecular weight is 445 g/mol. The number of thiazole rings is 2. The number of benzene rings is 2. The molecule has 0 N–H and O–H groups in total. The van der Waals surface area contributed by atoms with Gasteiger partial charge in [-0.1, -0.05) is 12.1 Å². The molecule has 0 fully saturated rings. The molecule has 142 valence electrons. The number of carbonyl (C=O) groups is 2. The predicted octanol–water partition coefficient (Wildman–Crippen LogP) is 6.24. The second-order valence-corrected chi connectivity index (χ2v) is 11.0. The Labute approximate surface area is 178 Å². The lowest BCUT2D eigenvalue weighted by atomic mass is 10.2. The first-order valence-corrected chi connectivity index (χ1v) is 11.9. The van der Waals surface area contributed by atoms with Crippen molar-refractivity contribution in [3.63, 3.8) is 0 Å². The largest absolute Gasteiger partial charge is 0.287 e. The molecule has 0 spiro atoms. The molecule has 2 heterocycles. The van der Waals surface area contributed by atoms with Crippen LogP contribution in [0.4, 0.5) is 0 Å². The lowest BCUT2D eigenvalue weighted by molar-refractivity contribution is -0.115. The molecule has 8 heteroatoms. The van der Waals surface area contributed by atoms with Gasteiger partial charge in [-0.05, 0) is 72.8 Å². The molecular formula is C20H16N2O2S4. The number of nitrogens with zero attached hydrogens (tertiary/aromatic N) is 2. The SMILES string of the molecule is Cc1ccc2sc(SC(=O)CCC(=O)Sc3nc4cc(C)ccc4s3)nc2c1. The van der Waals surface area contributed by atoms with Gasteiger partial charge in [-0.25, -0.2) is 9.97 Å². The monoisotopic (exact) mass is 444 g/mol. The van der Waals surface area contributed by atoms with E-state index in [-0.39, 0.29) is 23.1 Å². The molecule has 0 saturated carbocycles. The van der Waals surface area contributed by atoms with Crippen LogP contribution in [0.3, 0.4) is 0 Å². The average Bonchev–Trinajstić information content (AvgIpc) is 3.21. The van der Waals surface area contributed by atoms with Gasteiger partial charge >= 0.3 is 0 Å². The summed E-state index contributed by atoms with van der Waals surface area (Å²) in [4.78, 5) is 33.5. The van der Waals surface area contributed by atoms with Crippen molar-refractivity contribution in [2.45, 2.75) is 35.4 Å². The molecule has 0 aliphatic carbocycles. The summed E-state index contributed by atoms with van der Waals surface area (Å²) in [7, 11) is 0. The molecule has 0 radical (unpaired) electrons. The van der Waals surface area contributed by atoms with E-state index in [4.69, 9.17) is 0 Å². The standard InChI is InChI=1S/C20H16N2O2S4/c1-11-3-5-15-13(9-11)21-19(25-15)27-17(23)7-8-18(24)28-20-22-14-10-12(2)4-6-16(14)26-20/h3-6,9-10H,7-8H2,1-2H3. The molecule has 0 unspecified atom stereocenters. The predicted molar refractivity (Wildman–Crippen MR) is 120 cm³/mol. The van der Waals surface area contributed by atoms with Crippen molar-refractivity contribution in [1.29, 1.82) is 0 Å². The minimum atomic E-state index is -0.0374. The first-order valence-electron chi connectivity index (χ1n) is 8.62. The Morgan fingerprint density at radius 2 is 1.21 bits per heavy atom. The fraction of sp³-hybridized carbons (Fsp3) is 0.200. The maximum absolute atomic E-state index is 12.2. The van der Waals surface area contributed by atoms with Crippen molar-refractivity contribution in [3.05, 3.63) is 47.5 Å². The summed E-state index contributed by atoms with van der Waals surface area (Å²) < 4.78 is 3.59. The van der Waals surface area contributed by atoms with Gasteiger partial charge in [0.25, 0.3) is 0 Å². The van der Waals surface area contributed by atoms with Crippen LogP contribution in [0.15, 0.2) is 45.1 Å². The first kappa shape index (κ1) is 19.6. The number of aryl methyl sites for hydroxylation is 2.